The Balaban J connectivity index is 1.92. The highest BCUT2D eigenvalue weighted by atomic mass is 16.5. The van der Waals surface area contributed by atoms with Crippen LogP contribution in [-0.2, 0) is 14.3 Å². The molecule has 0 aliphatic carbocycles. The van der Waals surface area contributed by atoms with E-state index in [1.807, 2.05) is 43.0 Å². The lowest BCUT2D eigenvalue weighted by molar-refractivity contribution is -0.138. The SMILES string of the molecule is COc1ccc(C2=C(N3CCN(C)CC3)C(=O)N(CCOC(C)C)C2=O)cc1. The third-order valence-electron chi connectivity index (χ3n) is 5.11. The van der Waals surface area contributed by atoms with Gasteiger partial charge in [0, 0.05) is 26.2 Å². The molecule has 0 aromatic heterocycles. The van der Waals surface area contributed by atoms with Gasteiger partial charge in [-0.15, -0.1) is 0 Å². The third-order valence-corrected chi connectivity index (χ3v) is 5.11. The minimum Gasteiger partial charge on any atom is -0.497 e. The molecule has 0 N–H and O–H groups in total. The quantitative estimate of drug-likeness (QED) is 0.660. The first-order valence-corrected chi connectivity index (χ1v) is 9.72. The Morgan fingerprint density at radius 3 is 2.21 bits per heavy atom. The zero-order valence-corrected chi connectivity index (χ0v) is 17.1. The molecule has 7 heteroatoms. The molecule has 0 bridgehead atoms. The average molecular weight is 387 g/mol. The molecule has 2 aliphatic heterocycles. The number of carbonyl (C=O) groups is 2. The van der Waals surface area contributed by atoms with Gasteiger partial charge in [0.2, 0.25) is 0 Å². The highest BCUT2D eigenvalue weighted by Gasteiger charge is 2.41. The molecule has 1 aromatic carbocycles. The molecular weight excluding hydrogens is 358 g/mol. The van der Waals surface area contributed by atoms with Crippen molar-refractivity contribution in [2.45, 2.75) is 20.0 Å². The van der Waals surface area contributed by atoms with Gasteiger partial charge in [0.05, 0.1) is 31.9 Å². The van der Waals surface area contributed by atoms with Gasteiger partial charge in [-0.2, -0.15) is 0 Å². The van der Waals surface area contributed by atoms with Gasteiger partial charge in [-0.3, -0.25) is 14.5 Å². The first-order chi connectivity index (χ1) is 13.4. The van der Waals surface area contributed by atoms with Crippen molar-refractivity contribution < 1.29 is 19.1 Å². The molecule has 28 heavy (non-hydrogen) atoms. The summed E-state index contributed by atoms with van der Waals surface area (Å²) in [7, 11) is 3.66. The molecule has 0 unspecified atom stereocenters. The second-order valence-electron chi connectivity index (χ2n) is 7.42. The van der Waals surface area contributed by atoms with Crippen LogP contribution in [0.5, 0.6) is 5.75 Å². The third kappa shape index (κ3) is 4.20. The molecule has 2 aliphatic rings. The molecule has 2 heterocycles. The molecule has 3 rings (SSSR count). The average Bonchev–Trinajstić information content (AvgIpc) is 2.93. The Labute approximate surface area is 166 Å². The number of methoxy groups -OCH3 is 1. The van der Waals surface area contributed by atoms with Crippen LogP contribution in [0.1, 0.15) is 19.4 Å². The van der Waals surface area contributed by atoms with Crippen molar-refractivity contribution in [3.05, 3.63) is 35.5 Å². The Morgan fingerprint density at radius 1 is 1.00 bits per heavy atom. The van der Waals surface area contributed by atoms with Crippen molar-refractivity contribution in [2.24, 2.45) is 0 Å². The summed E-state index contributed by atoms with van der Waals surface area (Å²) in [6.45, 7) is 7.62. The largest absolute Gasteiger partial charge is 0.497 e. The summed E-state index contributed by atoms with van der Waals surface area (Å²) >= 11 is 0. The second-order valence-corrected chi connectivity index (χ2v) is 7.42. The number of amides is 2. The van der Waals surface area contributed by atoms with Crippen molar-refractivity contribution in [3.63, 3.8) is 0 Å². The minimum absolute atomic E-state index is 0.0546. The maximum absolute atomic E-state index is 13.2. The van der Waals surface area contributed by atoms with E-state index in [4.69, 9.17) is 9.47 Å². The lowest BCUT2D eigenvalue weighted by Gasteiger charge is -2.34. The molecule has 1 fully saturated rings. The smallest absolute Gasteiger partial charge is 0.277 e. The van der Waals surface area contributed by atoms with E-state index in [-0.39, 0.29) is 24.5 Å². The molecule has 1 aromatic rings. The van der Waals surface area contributed by atoms with Gasteiger partial charge in [-0.25, -0.2) is 0 Å². The number of benzene rings is 1. The highest BCUT2D eigenvalue weighted by Crippen LogP contribution is 2.32. The summed E-state index contributed by atoms with van der Waals surface area (Å²) in [4.78, 5) is 32.0. The molecule has 2 amide bonds. The van der Waals surface area contributed by atoms with Gasteiger partial charge in [0.15, 0.2) is 0 Å². The van der Waals surface area contributed by atoms with E-state index in [0.717, 1.165) is 31.7 Å². The molecule has 0 spiro atoms. The van der Waals surface area contributed by atoms with Crippen LogP contribution < -0.4 is 4.74 Å². The van der Waals surface area contributed by atoms with Crippen LogP contribution in [0.4, 0.5) is 0 Å². The van der Waals surface area contributed by atoms with Gasteiger partial charge >= 0.3 is 0 Å². The van der Waals surface area contributed by atoms with Gasteiger partial charge < -0.3 is 19.3 Å². The Kier molecular flexibility index (Phi) is 6.36. The van der Waals surface area contributed by atoms with E-state index < -0.39 is 0 Å². The lowest BCUT2D eigenvalue weighted by Crippen LogP contribution is -2.46. The minimum atomic E-state index is -0.253. The second kappa shape index (κ2) is 8.75. The standard InChI is InChI=1S/C21H29N3O4/c1-15(2)28-14-13-24-20(25)18(16-5-7-17(27-4)8-6-16)19(21(24)26)23-11-9-22(3)10-12-23/h5-8,15H,9-14H2,1-4H3. The number of nitrogens with zero attached hydrogens (tertiary/aromatic N) is 3. The summed E-state index contributed by atoms with van der Waals surface area (Å²) in [6, 6.07) is 7.30. The fourth-order valence-electron chi connectivity index (χ4n) is 3.49. The van der Waals surface area contributed by atoms with Gasteiger partial charge in [0.1, 0.15) is 11.4 Å². The number of piperazine rings is 1. The summed E-state index contributed by atoms with van der Waals surface area (Å²) in [5.74, 6) is 0.230. The number of hydrogen-bond donors (Lipinski definition) is 0. The predicted octanol–water partition coefficient (Wildman–Crippen LogP) is 1.45. The number of ether oxygens (including phenoxy) is 2. The summed E-state index contributed by atoms with van der Waals surface area (Å²) < 4.78 is 10.8. The van der Waals surface area contributed by atoms with E-state index in [2.05, 4.69) is 11.9 Å². The van der Waals surface area contributed by atoms with Gasteiger partial charge in [-0.1, -0.05) is 12.1 Å². The summed E-state index contributed by atoms with van der Waals surface area (Å²) in [5, 5.41) is 0. The van der Waals surface area contributed by atoms with Crippen LogP contribution in [0.25, 0.3) is 5.57 Å². The highest BCUT2D eigenvalue weighted by molar-refractivity contribution is 6.35. The maximum Gasteiger partial charge on any atom is 0.277 e. The first kappa shape index (κ1) is 20.4. The van der Waals surface area contributed by atoms with Crippen molar-refractivity contribution >= 4 is 17.4 Å². The maximum atomic E-state index is 13.2. The van der Waals surface area contributed by atoms with Crippen LogP contribution in [-0.4, -0.2) is 86.1 Å². The monoisotopic (exact) mass is 387 g/mol. The number of likely N-dealkylation sites (N-methyl/N-ethyl adjacent to an activating group) is 1. The zero-order valence-electron chi connectivity index (χ0n) is 17.1. The topological polar surface area (TPSA) is 62.3 Å². The molecule has 1 saturated heterocycles. The summed E-state index contributed by atoms with van der Waals surface area (Å²) in [5.41, 5.74) is 1.72. The Hall–Kier alpha value is -2.38. The van der Waals surface area contributed by atoms with E-state index >= 15 is 0 Å². The predicted molar refractivity (Wildman–Crippen MR) is 107 cm³/mol. The fraction of sp³-hybridized carbons (Fsp3) is 0.524. The van der Waals surface area contributed by atoms with Crippen LogP contribution in [0.15, 0.2) is 30.0 Å². The Morgan fingerprint density at radius 2 is 1.64 bits per heavy atom. The molecular formula is C21H29N3O4. The van der Waals surface area contributed by atoms with Crippen LogP contribution in [0, 0.1) is 0 Å². The van der Waals surface area contributed by atoms with Crippen LogP contribution in [0.2, 0.25) is 0 Å². The molecule has 0 atom stereocenters. The van der Waals surface area contributed by atoms with Gasteiger partial charge in [0.25, 0.3) is 11.8 Å². The zero-order chi connectivity index (χ0) is 20.3. The number of carbonyl (C=O) groups excluding carboxylic acids is 2. The van der Waals surface area contributed by atoms with E-state index in [9.17, 15) is 9.59 Å². The molecule has 0 radical (unpaired) electrons. The van der Waals surface area contributed by atoms with Crippen LogP contribution in [0.3, 0.4) is 0 Å². The Bertz CT molecular complexity index is 749. The summed E-state index contributed by atoms with van der Waals surface area (Å²) in [6.07, 6.45) is 0.0546. The molecule has 152 valence electrons. The molecule has 7 nitrogen and oxygen atoms in total. The first-order valence-electron chi connectivity index (χ1n) is 9.72. The van der Waals surface area contributed by atoms with Crippen molar-refractivity contribution in [2.75, 3.05) is 53.5 Å². The number of imide groups is 1. The normalized spacial score (nSPS) is 18.6. The van der Waals surface area contributed by atoms with Crippen molar-refractivity contribution in [1.82, 2.24) is 14.7 Å². The van der Waals surface area contributed by atoms with Crippen LogP contribution >= 0.6 is 0 Å². The lowest BCUT2D eigenvalue weighted by atomic mass is 10.0. The van der Waals surface area contributed by atoms with Gasteiger partial charge in [-0.05, 0) is 38.6 Å². The van der Waals surface area contributed by atoms with E-state index in [1.165, 1.54) is 4.90 Å². The number of hydrogen-bond acceptors (Lipinski definition) is 6. The van der Waals surface area contributed by atoms with Crippen molar-refractivity contribution in [1.29, 1.82) is 0 Å². The number of rotatable bonds is 7. The van der Waals surface area contributed by atoms with E-state index in [1.54, 1.807) is 7.11 Å². The van der Waals surface area contributed by atoms with E-state index in [0.29, 0.717) is 23.6 Å². The molecule has 0 saturated carbocycles. The van der Waals surface area contributed by atoms with Crippen molar-refractivity contribution in [3.8, 4) is 5.75 Å². The fourth-order valence-corrected chi connectivity index (χ4v) is 3.49.